The Kier molecular flexibility index (Phi) is 6.35. The molecule has 0 aliphatic carbocycles. The van der Waals surface area contributed by atoms with Crippen molar-refractivity contribution in [2.24, 2.45) is 5.73 Å². The van der Waals surface area contributed by atoms with Crippen molar-refractivity contribution in [1.29, 1.82) is 0 Å². The summed E-state index contributed by atoms with van der Waals surface area (Å²) in [6.07, 6.45) is 0. The number of likely N-dealkylation sites (N-methyl/N-ethyl adjacent to an activating group) is 1. The molecule has 0 saturated carbocycles. The predicted molar refractivity (Wildman–Crippen MR) is 75.6 cm³/mol. The molecule has 0 aromatic heterocycles. The number of sulfonamides is 1. The van der Waals surface area contributed by atoms with Crippen molar-refractivity contribution >= 4 is 21.6 Å². The second-order valence-electron chi connectivity index (χ2n) is 4.07. The third-order valence-electron chi connectivity index (χ3n) is 2.83. The third-order valence-corrected chi connectivity index (χ3v) is 5.21. The van der Waals surface area contributed by atoms with Gasteiger partial charge in [-0.15, -0.1) is 0 Å². The van der Waals surface area contributed by atoms with Gasteiger partial charge in [-0.05, 0) is 17.7 Å². The molecule has 1 aromatic rings. The molecular weight excluding hydrogens is 307 g/mol. The van der Waals surface area contributed by atoms with E-state index < -0.39 is 15.8 Å². The van der Waals surface area contributed by atoms with Crippen LogP contribution in [0.5, 0.6) is 0 Å². The number of nitrogens with zero attached hydrogens (tertiary/aromatic N) is 1. The minimum atomic E-state index is -3.80. The highest BCUT2D eigenvalue weighted by atomic mass is 35.5. The van der Waals surface area contributed by atoms with Crippen LogP contribution < -0.4 is 5.73 Å². The number of halogens is 2. The monoisotopic (exact) mass is 324 g/mol. The molecule has 114 valence electrons. The minimum absolute atomic E-state index is 0.0384. The number of methoxy groups -OCH3 is 1. The van der Waals surface area contributed by atoms with Crippen molar-refractivity contribution in [2.75, 3.05) is 26.8 Å². The second-order valence-corrected chi connectivity index (χ2v) is 6.39. The molecule has 0 aliphatic heterocycles. The summed E-state index contributed by atoms with van der Waals surface area (Å²) in [7, 11) is -2.31. The van der Waals surface area contributed by atoms with Gasteiger partial charge in [0.25, 0.3) is 0 Å². The van der Waals surface area contributed by atoms with E-state index in [-0.39, 0.29) is 41.7 Å². The Bertz CT molecular complexity index is 566. The Morgan fingerprint density at radius 2 is 2.10 bits per heavy atom. The molecule has 2 N–H and O–H groups in total. The van der Waals surface area contributed by atoms with Crippen LogP contribution in [0.2, 0.25) is 5.02 Å². The van der Waals surface area contributed by atoms with Crippen LogP contribution in [0.15, 0.2) is 17.0 Å². The third kappa shape index (κ3) is 3.67. The Labute approximate surface area is 123 Å². The van der Waals surface area contributed by atoms with E-state index in [1.54, 1.807) is 6.92 Å². The normalized spacial score (nSPS) is 12.1. The molecule has 0 unspecified atom stereocenters. The van der Waals surface area contributed by atoms with E-state index in [0.717, 1.165) is 6.07 Å². The maximum absolute atomic E-state index is 13.7. The van der Waals surface area contributed by atoms with Crippen molar-refractivity contribution in [1.82, 2.24) is 4.31 Å². The smallest absolute Gasteiger partial charge is 0.243 e. The van der Waals surface area contributed by atoms with Crippen molar-refractivity contribution in [2.45, 2.75) is 18.4 Å². The zero-order chi connectivity index (χ0) is 15.3. The standard InChI is InChI=1S/C12H18ClFN2O3S/c1-3-16(4-5-19-2)20(17,18)10-6-9(8-15)12(13)11(14)7-10/h6-7H,3-5,8,15H2,1-2H3. The second kappa shape index (κ2) is 7.33. The Hall–Kier alpha value is -0.730. The molecule has 0 aliphatic rings. The fourth-order valence-corrected chi connectivity index (χ4v) is 3.39. The fraction of sp³-hybridized carbons (Fsp3) is 0.500. The van der Waals surface area contributed by atoms with Gasteiger partial charge in [-0.3, -0.25) is 0 Å². The van der Waals surface area contributed by atoms with E-state index in [2.05, 4.69) is 0 Å². The van der Waals surface area contributed by atoms with Gasteiger partial charge < -0.3 is 10.5 Å². The summed E-state index contributed by atoms with van der Waals surface area (Å²) in [4.78, 5) is -0.155. The molecule has 0 amide bonds. The van der Waals surface area contributed by atoms with Crippen molar-refractivity contribution in [3.8, 4) is 0 Å². The van der Waals surface area contributed by atoms with E-state index in [1.165, 1.54) is 17.5 Å². The molecule has 1 aromatic carbocycles. The lowest BCUT2D eigenvalue weighted by atomic mass is 10.2. The number of hydrogen-bond donors (Lipinski definition) is 1. The zero-order valence-electron chi connectivity index (χ0n) is 11.4. The molecule has 20 heavy (non-hydrogen) atoms. The number of nitrogens with two attached hydrogens (primary N) is 1. The van der Waals surface area contributed by atoms with Crippen LogP contribution in [0.25, 0.3) is 0 Å². The average Bonchev–Trinajstić information content (AvgIpc) is 2.42. The number of rotatable bonds is 7. The largest absolute Gasteiger partial charge is 0.383 e. The van der Waals surface area contributed by atoms with Crippen molar-refractivity contribution < 1.29 is 17.5 Å². The topological polar surface area (TPSA) is 72.6 Å². The number of benzene rings is 1. The summed E-state index contributed by atoms with van der Waals surface area (Å²) in [5.74, 6) is -0.795. The highest BCUT2D eigenvalue weighted by Crippen LogP contribution is 2.25. The maximum atomic E-state index is 13.7. The van der Waals surface area contributed by atoms with Gasteiger partial charge in [-0.25, -0.2) is 12.8 Å². The fourth-order valence-electron chi connectivity index (χ4n) is 1.71. The highest BCUT2D eigenvalue weighted by molar-refractivity contribution is 7.89. The van der Waals surface area contributed by atoms with Gasteiger partial charge in [-0.2, -0.15) is 4.31 Å². The quantitative estimate of drug-likeness (QED) is 0.826. The van der Waals surface area contributed by atoms with Crippen molar-refractivity contribution in [3.05, 3.63) is 28.5 Å². The Morgan fingerprint density at radius 3 is 2.60 bits per heavy atom. The lowest BCUT2D eigenvalue weighted by Crippen LogP contribution is -2.34. The van der Waals surface area contributed by atoms with E-state index >= 15 is 0 Å². The van der Waals surface area contributed by atoms with Gasteiger partial charge >= 0.3 is 0 Å². The van der Waals surface area contributed by atoms with Crippen LogP contribution in [0.4, 0.5) is 4.39 Å². The zero-order valence-corrected chi connectivity index (χ0v) is 13.0. The molecule has 8 heteroatoms. The van der Waals surface area contributed by atoms with Crippen LogP contribution in [0, 0.1) is 5.82 Å². The molecule has 0 heterocycles. The van der Waals surface area contributed by atoms with Crippen LogP contribution in [0.1, 0.15) is 12.5 Å². The van der Waals surface area contributed by atoms with Gasteiger partial charge in [0.15, 0.2) is 0 Å². The summed E-state index contributed by atoms with van der Waals surface area (Å²) in [5.41, 5.74) is 5.70. The van der Waals surface area contributed by atoms with E-state index in [4.69, 9.17) is 22.1 Å². The van der Waals surface area contributed by atoms with Gasteiger partial charge in [0.1, 0.15) is 5.82 Å². The molecule has 0 spiro atoms. The minimum Gasteiger partial charge on any atom is -0.383 e. The molecule has 0 fully saturated rings. The average molecular weight is 325 g/mol. The molecule has 0 atom stereocenters. The van der Waals surface area contributed by atoms with Crippen LogP contribution in [-0.2, 0) is 21.3 Å². The summed E-state index contributed by atoms with van der Waals surface area (Å²) in [6, 6.07) is 2.21. The summed E-state index contributed by atoms with van der Waals surface area (Å²) < 4.78 is 44.6. The molecule has 0 radical (unpaired) electrons. The number of hydrogen-bond acceptors (Lipinski definition) is 4. The Balaban J connectivity index is 3.23. The van der Waals surface area contributed by atoms with Gasteiger partial charge in [0, 0.05) is 26.7 Å². The molecule has 0 saturated heterocycles. The molecular formula is C12H18ClFN2O3S. The maximum Gasteiger partial charge on any atom is 0.243 e. The molecule has 5 nitrogen and oxygen atoms in total. The van der Waals surface area contributed by atoms with Crippen LogP contribution in [0.3, 0.4) is 0 Å². The van der Waals surface area contributed by atoms with Crippen LogP contribution in [-0.4, -0.2) is 39.5 Å². The molecule has 0 bridgehead atoms. The predicted octanol–water partition coefficient (Wildman–Crippen LogP) is 1.59. The lowest BCUT2D eigenvalue weighted by Gasteiger charge is -2.20. The van der Waals surface area contributed by atoms with Gasteiger partial charge in [-0.1, -0.05) is 18.5 Å². The first-order valence-electron chi connectivity index (χ1n) is 6.05. The first-order valence-corrected chi connectivity index (χ1v) is 7.87. The number of ether oxygens (including phenoxy) is 1. The SMILES string of the molecule is CCN(CCOC)S(=O)(=O)c1cc(F)c(Cl)c(CN)c1. The van der Waals surface area contributed by atoms with Gasteiger partial charge in [0.2, 0.25) is 10.0 Å². The summed E-state index contributed by atoms with van der Waals surface area (Å²) >= 11 is 5.73. The van der Waals surface area contributed by atoms with Crippen LogP contribution >= 0.6 is 11.6 Å². The molecule has 1 rings (SSSR count). The van der Waals surface area contributed by atoms with E-state index in [0.29, 0.717) is 0 Å². The van der Waals surface area contributed by atoms with Crippen molar-refractivity contribution in [3.63, 3.8) is 0 Å². The summed E-state index contributed by atoms with van der Waals surface area (Å²) in [6.45, 7) is 2.37. The van der Waals surface area contributed by atoms with Gasteiger partial charge in [0.05, 0.1) is 16.5 Å². The first kappa shape index (κ1) is 17.3. The Morgan fingerprint density at radius 1 is 1.45 bits per heavy atom. The van der Waals surface area contributed by atoms with E-state index in [9.17, 15) is 12.8 Å². The highest BCUT2D eigenvalue weighted by Gasteiger charge is 2.25. The van der Waals surface area contributed by atoms with E-state index in [1.807, 2.05) is 0 Å². The lowest BCUT2D eigenvalue weighted by molar-refractivity contribution is 0.180. The summed E-state index contributed by atoms with van der Waals surface area (Å²) in [5, 5.41) is -0.147. The first-order chi connectivity index (χ1) is 9.38.